The van der Waals surface area contributed by atoms with Crippen LogP contribution in [0.25, 0.3) is 0 Å². The molecular weight excluding hydrogens is 328 g/mol. The Morgan fingerprint density at radius 1 is 0.923 bits per heavy atom. The molecule has 0 radical (unpaired) electrons. The molecule has 1 aliphatic rings. The van der Waals surface area contributed by atoms with Crippen LogP contribution in [0.2, 0.25) is 0 Å². The smallest absolute Gasteiger partial charge is 0.251 e. The maximum Gasteiger partial charge on any atom is 0.251 e. The molecule has 0 aromatic heterocycles. The summed E-state index contributed by atoms with van der Waals surface area (Å²) < 4.78 is 0. The van der Waals surface area contributed by atoms with E-state index in [4.69, 9.17) is 0 Å². The first-order valence-electron chi connectivity index (χ1n) is 8.84. The van der Waals surface area contributed by atoms with Crippen molar-refractivity contribution in [1.29, 1.82) is 0 Å². The van der Waals surface area contributed by atoms with E-state index in [1.807, 2.05) is 18.2 Å². The molecule has 0 spiro atoms. The molecule has 2 aromatic carbocycles. The lowest BCUT2D eigenvalue weighted by atomic mass is 10.0. The van der Waals surface area contributed by atoms with E-state index in [0.717, 1.165) is 19.3 Å². The predicted molar refractivity (Wildman–Crippen MR) is 100 cm³/mol. The Morgan fingerprint density at radius 3 is 2.54 bits per heavy atom. The van der Waals surface area contributed by atoms with Crippen LogP contribution in [0.15, 0.2) is 42.5 Å². The molecule has 2 amide bonds. The van der Waals surface area contributed by atoms with Gasteiger partial charge in [0.1, 0.15) is 0 Å². The van der Waals surface area contributed by atoms with E-state index in [-0.39, 0.29) is 30.4 Å². The summed E-state index contributed by atoms with van der Waals surface area (Å²) in [5.41, 5.74) is 4.28. The monoisotopic (exact) mass is 350 g/mol. The van der Waals surface area contributed by atoms with Crippen LogP contribution in [0.4, 0.5) is 5.69 Å². The highest BCUT2D eigenvalue weighted by molar-refractivity contribution is 6.01. The summed E-state index contributed by atoms with van der Waals surface area (Å²) in [5, 5.41) is 5.28. The fourth-order valence-corrected chi connectivity index (χ4v) is 3.22. The number of ketones is 1. The number of aryl methyl sites for hydroxylation is 2. The van der Waals surface area contributed by atoms with E-state index >= 15 is 0 Å². The summed E-state index contributed by atoms with van der Waals surface area (Å²) in [5.74, 6) is -0.476. The van der Waals surface area contributed by atoms with E-state index in [2.05, 4.69) is 10.6 Å². The molecule has 0 atom stereocenters. The highest BCUT2D eigenvalue weighted by atomic mass is 16.2. The molecule has 5 nitrogen and oxygen atoms in total. The van der Waals surface area contributed by atoms with Gasteiger partial charge in [0.05, 0.1) is 0 Å². The van der Waals surface area contributed by atoms with Gasteiger partial charge in [0, 0.05) is 36.7 Å². The quantitative estimate of drug-likeness (QED) is 0.786. The van der Waals surface area contributed by atoms with Crippen molar-refractivity contribution in [3.63, 3.8) is 0 Å². The maximum atomic E-state index is 12.4. The number of hydrogen-bond donors (Lipinski definition) is 2. The minimum Gasteiger partial charge on any atom is -0.355 e. The summed E-state index contributed by atoms with van der Waals surface area (Å²) in [6, 6.07) is 12.6. The second kappa shape index (κ2) is 7.95. The van der Waals surface area contributed by atoms with Gasteiger partial charge in [0.25, 0.3) is 5.91 Å². The number of hydrogen-bond acceptors (Lipinski definition) is 3. The molecule has 0 aliphatic heterocycles. The average Bonchev–Trinajstić information content (AvgIpc) is 3.13. The number of fused-ring (bicyclic) bond motifs is 1. The molecule has 0 fully saturated rings. The summed E-state index contributed by atoms with van der Waals surface area (Å²) in [7, 11) is 1.55. The zero-order valence-electron chi connectivity index (χ0n) is 14.8. The first-order valence-corrected chi connectivity index (χ1v) is 8.84. The highest BCUT2D eigenvalue weighted by Crippen LogP contribution is 2.23. The van der Waals surface area contributed by atoms with Crippen LogP contribution in [0, 0.1) is 0 Å². The number of carbonyl (C=O) groups excluding carboxylic acids is 3. The van der Waals surface area contributed by atoms with Gasteiger partial charge in [0.15, 0.2) is 5.78 Å². The Balaban J connectivity index is 1.55. The molecule has 26 heavy (non-hydrogen) atoms. The van der Waals surface area contributed by atoms with Crippen LogP contribution in [-0.4, -0.2) is 24.6 Å². The largest absolute Gasteiger partial charge is 0.355 e. The van der Waals surface area contributed by atoms with Gasteiger partial charge in [-0.25, -0.2) is 0 Å². The van der Waals surface area contributed by atoms with E-state index in [1.54, 1.807) is 31.3 Å². The fourth-order valence-electron chi connectivity index (χ4n) is 3.22. The number of carbonyl (C=O) groups is 3. The summed E-state index contributed by atoms with van der Waals surface area (Å²) >= 11 is 0. The minimum absolute atomic E-state index is 0.0195. The van der Waals surface area contributed by atoms with Gasteiger partial charge >= 0.3 is 0 Å². The van der Waals surface area contributed by atoms with Crippen molar-refractivity contribution in [1.82, 2.24) is 5.32 Å². The summed E-state index contributed by atoms with van der Waals surface area (Å²) in [4.78, 5) is 36.1. The van der Waals surface area contributed by atoms with E-state index < -0.39 is 0 Å². The van der Waals surface area contributed by atoms with Gasteiger partial charge in [-0.2, -0.15) is 0 Å². The standard InChI is InChI=1S/C21H22N2O3/c1-22-21(26)17-6-3-7-18(13-17)23-20(25)11-10-19(24)16-9-8-14-4-2-5-15(14)12-16/h3,6-9,12-13H,2,4-5,10-11H2,1H3,(H,22,26)(H,23,25). The molecule has 0 saturated carbocycles. The van der Waals surface area contributed by atoms with Crippen LogP contribution in [0.1, 0.15) is 51.1 Å². The normalized spacial score (nSPS) is 12.3. The second-order valence-electron chi connectivity index (χ2n) is 6.47. The second-order valence-corrected chi connectivity index (χ2v) is 6.47. The predicted octanol–water partition coefficient (Wildman–Crippen LogP) is 3.14. The molecular formula is C21H22N2O3. The number of rotatable bonds is 6. The highest BCUT2D eigenvalue weighted by Gasteiger charge is 2.15. The zero-order chi connectivity index (χ0) is 18.5. The molecule has 1 aliphatic carbocycles. The third kappa shape index (κ3) is 4.17. The molecule has 0 bridgehead atoms. The number of benzene rings is 2. The molecule has 2 N–H and O–H groups in total. The van der Waals surface area contributed by atoms with Gasteiger partial charge in [-0.05, 0) is 54.7 Å². The first kappa shape index (κ1) is 17.9. The van der Waals surface area contributed by atoms with Crippen LogP contribution in [0.5, 0.6) is 0 Å². The van der Waals surface area contributed by atoms with Crippen molar-refractivity contribution in [2.75, 3.05) is 12.4 Å². The third-order valence-electron chi connectivity index (χ3n) is 4.64. The van der Waals surface area contributed by atoms with Gasteiger partial charge in [-0.3, -0.25) is 14.4 Å². The minimum atomic E-state index is -0.242. The SMILES string of the molecule is CNC(=O)c1cccc(NC(=O)CCC(=O)c2ccc3c(c2)CCC3)c1. The van der Waals surface area contributed by atoms with Gasteiger partial charge in [-0.1, -0.05) is 18.2 Å². The van der Waals surface area contributed by atoms with Gasteiger partial charge < -0.3 is 10.6 Å². The van der Waals surface area contributed by atoms with Crippen LogP contribution in [-0.2, 0) is 17.6 Å². The lowest BCUT2D eigenvalue weighted by Crippen LogP contribution is -2.18. The van der Waals surface area contributed by atoms with Crippen molar-refractivity contribution in [2.45, 2.75) is 32.1 Å². The Hall–Kier alpha value is -2.95. The van der Waals surface area contributed by atoms with Crippen molar-refractivity contribution in [3.8, 4) is 0 Å². The van der Waals surface area contributed by atoms with Crippen LogP contribution in [0.3, 0.4) is 0 Å². The number of amides is 2. The van der Waals surface area contributed by atoms with Crippen LogP contribution >= 0.6 is 0 Å². The van der Waals surface area contributed by atoms with Crippen LogP contribution < -0.4 is 10.6 Å². The molecule has 0 saturated heterocycles. The van der Waals surface area contributed by atoms with Crippen molar-refractivity contribution >= 4 is 23.3 Å². The van der Waals surface area contributed by atoms with Gasteiger partial charge in [-0.15, -0.1) is 0 Å². The van der Waals surface area contributed by atoms with E-state index in [9.17, 15) is 14.4 Å². The zero-order valence-corrected chi connectivity index (χ0v) is 14.8. The molecule has 0 unspecified atom stereocenters. The van der Waals surface area contributed by atoms with E-state index in [0.29, 0.717) is 16.8 Å². The van der Waals surface area contributed by atoms with Crippen molar-refractivity contribution in [2.24, 2.45) is 0 Å². The fraction of sp³-hybridized carbons (Fsp3) is 0.286. The topological polar surface area (TPSA) is 75.3 Å². The Labute approximate surface area is 152 Å². The third-order valence-corrected chi connectivity index (χ3v) is 4.64. The number of nitrogens with one attached hydrogen (secondary N) is 2. The molecule has 134 valence electrons. The summed E-state index contributed by atoms with van der Waals surface area (Å²) in [6.45, 7) is 0. The van der Waals surface area contributed by atoms with E-state index in [1.165, 1.54) is 11.1 Å². The van der Waals surface area contributed by atoms with Crippen molar-refractivity contribution in [3.05, 3.63) is 64.7 Å². The number of anilines is 1. The first-order chi connectivity index (χ1) is 12.6. The molecule has 3 rings (SSSR count). The Morgan fingerprint density at radius 2 is 1.73 bits per heavy atom. The lowest BCUT2D eigenvalue weighted by Gasteiger charge is -2.07. The molecule has 2 aromatic rings. The lowest BCUT2D eigenvalue weighted by molar-refractivity contribution is -0.116. The Kier molecular flexibility index (Phi) is 5.46. The molecule has 0 heterocycles. The number of Topliss-reactive ketones (excluding diaryl/α,β-unsaturated/α-hetero) is 1. The Bertz CT molecular complexity index is 858. The van der Waals surface area contributed by atoms with Gasteiger partial charge in [0.2, 0.25) is 5.91 Å². The molecule has 5 heteroatoms. The summed E-state index contributed by atoms with van der Waals surface area (Å²) in [6.07, 6.45) is 3.53. The maximum absolute atomic E-state index is 12.4. The average molecular weight is 350 g/mol. The van der Waals surface area contributed by atoms with Crippen molar-refractivity contribution < 1.29 is 14.4 Å².